The fourth-order valence-electron chi connectivity index (χ4n) is 2.24. The van der Waals surface area contributed by atoms with E-state index >= 15 is 0 Å². The van der Waals surface area contributed by atoms with Crippen LogP contribution >= 0.6 is 0 Å². The first-order valence-electron chi connectivity index (χ1n) is 6.51. The average Bonchev–Trinajstić information content (AvgIpc) is 2.54. The molecule has 0 aromatic heterocycles. The van der Waals surface area contributed by atoms with Crippen molar-refractivity contribution in [3.63, 3.8) is 0 Å². The van der Waals surface area contributed by atoms with Crippen LogP contribution in [0.1, 0.15) is 19.8 Å². The Kier molecular flexibility index (Phi) is 6.47. The van der Waals surface area contributed by atoms with E-state index in [1.54, 1.807) is 0 Å². The second-order valence-corrected chi connectivity index (χ2v) is 4.72. The van der Waals surface area contributed by atoms with E-state index in [1.165, 1.54) is 0 Å². The number of β-amino-alcohol motifs (C(OH)–C–C–N with tert-alkyl or cyclic N) is 1. The molecule has 1 heterocycles. The Hall–Kier alpha value is -0.650. The molecule has 1 rings (SSSR count). The third-order valence-corrected chi connectivity index (χ3v) is 3.34. The van der Waals surface area contributed by atoms with Crippen molar-refractivity contribution in [2.24, 2.45) is 11.7 Å². The van der Waals surface area contributed by atoms with Crippen LogP contribution in [0.25, 0.3) is 0 Å². The number of carbonyl (C=O) groups is 1. The van der Waals surface area contributed by atoms with Crippen LogP contribution in [0.3, 0.4) is 0 Å². The second kappa shape index (κ2) is 7.63. The summed E-state index contributed by atoms with van der Waals surface area (Å²) in [4.78, 5) is 16.3. The maximum Gasteiger partial charge on any atom is 0.225 e. The maximum absolute atomic E-state index is 12.1. The molecule has 1 atom stereocenters. The van der Waals surface area contributed by atoms with Gasteiger partial charge in [0.05, 0.1) is 6.61 Å². The van der Waals surface area contributed by atoms with Crippen molar-refractivity contribution in [3.05, 3.63) is 0 Å². The zero-order valence-electron chi connectivity index (χ0n) is 10.8. The Bertz CT molecular complexity index is 236. The Morgan fingerprint density at radius 2 is 2.12 bits per heavy atom. The molecule has 5 nitrogen and oxygen atoms in total. The number of aliphatic hydroxyl groups excluding tert-OH is 1. The van der Waals surface area contributed by atoms with Crippen LogP contribution in [0.15, 0.2) is 0 Å². The highest BCUT2D eigenvalue weighted by molar-refractivity contribution is 5.78. The molecule has 0 radical (unpaired) electrons. The molecule has 1 amide bonds. The molecule has 0 aliphatic carbocycles. The minimum atomic E-state index is 0.0318. The molecule has 1 aliphatic heterocycles. The number of hydrogen-bond donors (Lipinski definition) is 2. The molecule has 1 aliphatic rings. The molecule has 0 spiro atoms. The van der Waals surface area contributed by atoms with Gasteiger partial charge in [-0.15, -0.1) is 0 Å². The normalized spacial score (nSPS) is 20.1. The van der Waals surface area contributed by atoms with Crippen LogP contribution in [0, 0.1) is 5.92 Å². The van der Waals surface area contributed by atoms with Gasteiger partial charge in [0.1, 0.15) is 0 Å². The van der Waals surface area contributed by atoms with Crippen molar-refractivity contribution in [2.75, 3.05) is 45.9 Å². The predicted molar refractivity (Wildman–Crippen MR) is 67.6 cm³/mol. The van der Waals surface area contributed by atoms with Gasteiger partial charge in [-0.25, -0.2) is 0 Å². The van der Waals surface area contributed by atoms with Gasteiger partial charge < -0.3 is 15.7 Å². The third-order valence-electron chi connectivity index (χ3n) is 3.34. The number of rotatable bonds is 5. The first-order valence-corrected chi connectivity index (χ1v) is 6.51. The number of aliphatic hydroxyl groups is 1. The number of hydrogen-bond acceptors (Lipinski definition) is 4. The molecule has 1 saturated heterocycles. The molecule has 0 aromatic carbocycles. The summed E-state index contributed by atoms with van der Waals surface area (Å²) in [5, 5.41) is 8.91. The van der Waals surface area contributed by atoms with Gasteiger partial charge >= 0.3 is 0 Å². The number of amides is 1. The lowest BCUT2D eigenvalue weighted by Gasteiger charge is -2.24. The first kappa shape index (κ1) is 14.4. The zero-order chi connectivity index (χ0) is 12.7. The Balaban J connectivity index is 2.42. The molecular weight excluding hydrogens is 218 g/mol. The molecule has 5 heteroatoms. The summed E-state index contributed by atoms with van der Waals surface area (Å²) in [6.45, 7) is 6.85. The molecule has 1 unspecified atom stereocenters. The van der Waals surface area contributed by atoms with Crippen molar-refractivity contribution in [1.82, 2.24) is 9.80 Å². The minimum absolute atomic E-state index is 0.0318. The molecule has 17 heavy (non-hydrogen) atoms. The van der Waals surface area contributed by atoms with Gasteiger partial charge in [-0.1, -0.05) is 6.92 Å². The molecule has 1 fully saturated rings. The van der Waals surface area contributed by atoms with Gasteiger partial charge in [0.25, 0.3) is 0 Å². The Morgan fingerprint density at radius 1 is 1.35 bits per heavy atom. The van der Waals surface area contributed by atoms with E-state index in [9.17, 15) is 4.79 Å². The monoisotopic (exact) mass is 243 g/mol. The standard InChI is InChI=1S/C12H25N3O2/c1-11(3-4-13)12(17)15-6-2-5-14(7-8-15)9-10-16/h11,16H,2-10,13H2,1H3. The van der Waals surface area contributed by atoms with E-state index in [4.69, 9.17) is 10.8 Å². The molecule has 0 bridgehead atoms. The highest BCUT2D eigenvalue weighted by atomic mass is 16.3. The van der Waals surface area contributed by atoms with Crippen molar-refractivity contribution in [1.29, 1.82) is 0 Å². The highest BCUT2D eigenvalue weighted by Crippen LogP contribution is 2.10. The van der Waals surface area contributed by atoms with E-state index in [0.29, 0.717) is 13.1 Å². The van der Waals surface area contributed by atoms with Crippen molar-refractivity contribution >= 4 is 5.91 Å². The van der Waals surface area contributed by atoms with Gasteiger partial charge in [-0.2, -0.15) is 0 Å². The lowest BCUT2D eigenvalue weighted by Crippen LogP contribution is -2.39. The second-order valence-electron chi connectivity index (χ2n) is 4.72. The smallest absolute Gasteiger partial charge is 0.225 e. The third kappa shape index (κ3) is 4.61. The lowest BCUT2D eigenvalue weighted by molar-refractivity contribution is -0.135. The Morgan fingerprint density at radius 3 is 2.76 bits per heavy atom. The number of nitrogens with two attached hydrogens (primary N) is 1. The summed E-state index contributed by atoms with van der Waals surface area (Å²) >= 11 is 0. The summed E-state index contributed by atoms with van der Waals surface area (Å²) in [6.07, 6.45) is 1.75. The fourth-order valence-corrected chi connectivity index (χ4v) is 2.24. The summed E-state index contributed by atoms with van der Waals surface area (Å²) < 4.78 is 0. The SMILES string of the molecule is CC(CCN)C(=O)N1CCCN(CCO)CC1. The van der Waals surface area contributed by atoms with Gasteiger partial charge in [0, 0.05) is 32.1 Å². The van der Waals surface area contributed by atoms with E-state index in [1.807, 2.05) is 11.8 Å². The molecule has 0 saturated carbocycles. The zero-order valence-corrected chi connectivity index (χ0v) is 10.8. The van der Waals surface area contributed by atoms with Crippen molar-refractivity contribution in [3.8, 4) is 0 Å². The van der Waals surface area contributed by atoms with E-state index in [2.05, 4.69) is 4.90 Å². The molecule has 0 aromatic rings. The summed E-state index contributed by atoms with van der Waals surface area (Å²) in [7, 11) is 0. The topological polar surface area (TPSA) is 69.8 Å². The lowest BCUT2D eigenvalue weighted by atomic mass is 10.1. The molecule has 3 N–H and O–H groups in total. The van der Waals surface area contributed by atoms with E-state index < -0.39 is 0 Å². The van der Waals surface area contributed by atoms with Crippen LogP contribution in [0.2, 0.25) is 0 Å². The van der Waals surface area contributed by atoms with Gasteiger partial charge in [0.2, 0.25) is 5.91 Å². The van der Waals surface area contributed by atoms with E-state index in [0.717, 1.165) is 39.0 Å². The molecule has 100 valence electrons. The minimum Gasteiger partial charge on any atom is -0.395 e. The van der Waals surface area contributed by atoms with Gasteiger partial charge in [-0.05, 0) is 25.9 Å². The van der Waals surface area contributed by atoms with Gasteiger partial charge in [-0.3, -0.25) is 9.69 Å². The largest absolute Gasteiger partial charge is 0.395 e. The van der Waals surface area contributed by atoms with Gasteiger partial charge in [0.15, 0.2) is 0 Å². The van der Waals surface area contributed by atoms with Crippen LogP contribution in [0.5, 0.6) is 0 Å². The molecular formula is C12H25N3O2. The summed E-state index contributed by atoms with van der Waals surface area (Å²) in [6, 6.07) is 0. The van der Waals surface area contributed by atoms with Crippen LogP contribution < -0.4 is 5.73 Å². The van der Waals surface area contributed by atoms with Crippen LogP contribution in [-0.4, -0.2) is 66.7 Å². The first-order chi connectivity index (χ1) is 8.19. The van der Waals surface area contributed by atoms with Crippen molar-refractivity contribution in [2.45, 2.75) is 19.8 Å². The quantitative estimate of drug-likeness (QED) is 0.683. The van der Waals surface area contributed by atoms with E-state index in [-0.39, 0.29) is 18.4 Å². The highest BCUT2D eigenvalue weighted by Gasteiger charge is 2.22. The Labute approximate surface area is 104 Å². The number of nitrogens with zero attached hydrogens (tertiary/aromatic N) is 2. The van der Waals surface area contributed by atoms with Crippen LogP contribution in [0.4, 0.5) is 0 Å². The summed E-state index contributed by atoms with van der Waals surface area (Å²) in [5.41, 5.74) is 5.48. The fraction of sp³-hybridized carbons (Fsp3) is 0.917. The number of carbonyl (C=O) groups excluding carboxylic acids is 1. The summed E-state index contributed by atoms with van der Waals surface area (Å²) in [5.74, 6) is 0.255. The predicted octanol–water partition coefficient (Wildman–Crippen LogP) is -0.502. The maximum atomic E-state index is 12.1. The van der Waals surface area contributed by atoms with Crippen molar-refractivity contribution < 1.29 is 9.90 Å². The van der Waals surface area contributed by atoms with Crippen LogP contribution in [-0.2, 0) is 4.79 Å². The average molecular weight is 243 g/mol.